The van der Waals surface area contributed by atoms with E-state index in [1.54, 1.807) is 23.0 Å². The van der Waals surface area contributed by atoms with Gasteiger partial charge in [-0.15, -0.1) is 5.10 Å². The maximum atomic E-state index is 12.8. The molecule has 8 heteroatoms. The summed E-state index contributed by atoms with van der Waals surface area (Å²) < 4.78 is 7.49. The number of hydrogen-bond donors (Lipinski definition) is 1. The molecule has 1 N–H and O–H groups in total. The molecule has 0 saturated carbocycles. The number of nitrogens with zero attached hydrogens (tertiary/aromatic N) is 5. The Morgan fingerprint density at radius 3 is 2.96 bits per heavy atom. The van der Waals surface area contributed by atoms with Crippen LogP contribution in [0.2, 0.25) is 0 Å². The minimum absolute atomic E-state index is 0.0474. The molecule has 8 nitrogen and oxygen atoms in total. The minimum Gasteiger partial charge on any atom is -0.369 e. The van der Waals surface area contributed by atoms with Crippen molar-refractivity contribution >= 4 is 23.8 Å². The van der Waals surface area contributed by atoms with Crippen molar-refractivity contribution in [1.82, 2.24) is 19.9 Å². The second-order valence-corrected chi connectivity index (χ2v) is 6.99. The first-order chi connectivity index (χ1) is 12.6. The molecule has 0 bridgehead atoms. The third-order valence-electron chi connectivity index (χ3n) is 5.34. The van der Waals surface area contributed by atoms with Crippen molar-refractivity contribution in [2.75, 3.05) is 13.7 Å². The van der Waals surface area contributed by atoms with Crippen molar-refractivity contribution in [3.8, 4) is 0 Å². The van der Waals surface area contributed by atoms with Crippen molar-refractivity contribution in [2.24, 2.45) is 4.99 Å². The van der Waals surface area contributed by atoms with Gasteiger partial charge >= 0.3 is 0 Å². The van der Waals surface area contributed by atoms with Gasteiger partial charge in [0.1, 0.15) is 16.9 Å². The van der Waals surface area contributed by atoms with Gasteiger partial charge in [-0.05, 0) is 25.8 Å². The lowest BCUT2D eigenvalue weighted by atomic mass is 10.00. The van der Waals surface area contributed by atoms with E-state index in [2.05, 4.69) is 15.3 Å². The highest BCUT2D eigenvalue weighted by Gasteiger charge is 2.42. The number of carbonyl (C=O) groups excluding carboxylic acids is 1. The van der Waals surface area contributed by atoms with E-state index in [9.17, 15) is 4.79 Å². The average Bonchev–Trinajstić information content (AvgIpc) is 3.38. The van der Waals surface area contributed by atoms with E-state index >= 15 is 0 Å². The lowest BCUT2D eigenvalue weighted by Crippen LogP contribution is -3.06. The number of amides is 1. The van der Waals surface area contributed by atoms with Crippen molar-refractivity contribution < 1.29 is 14.4 Å². The first-order valence-corrected chi connectivity index (χ1v) is 8.69. The number of fused-ring (bicyclic) bond motifs is 3. The molecule has 5 rings (SSSR count). The zero-order chi connectivity index (χ0) is 17.9. The number of benzene rings is 1. The van der Waals surface area contributed by atoms with Crippen LogP contribution in [0.4, 0.5) is 5.69 Å². The fraction of sp³-hybridized carbons (Fsp3) is 0.333. The fourth-order valence-corrected chi connectivity index (χ4v) is 3.84. The standard InChI is InChI=1S/C18H18N6O2/c1-18(8-5-9-26-18)14-10-24(21-20-14)15-16-22(2)17(25)12-6-3-4-7-13(12)23(16)11-19-15/h3-4,6-7,10-11H,5,8-9H2,1-2H3/p+1. The number of carbonyl (C=O) groups is 1. The molecule has 2 unspecified atom stereocenters. The van der Waals surface area contributed by atoms with Crippen molar-refractivity contribution in [3.63, 3.8) is 0 Å². The van der Waals surface area contributed by atoms with Crippen LogP contribution in [0.25, 0.3) is 5.82 Å². The lowest BCUT2D eigenvalue weighted by Gasteiger charge is -2.28. The molecule has 1 aromatic heterocycles. The fourth-order valence-electron chi connectivity index (χ4n) is 3.84. The lowest BCUT2D eigenvalue weighted by molar-refractivity contribution is -0.685. The molecule has 1 saturated heterocycles. The van der Waals surface area contributed by atoms with Crippen LogP contribution in [-0.4, -0.2) is 45.8 Å². The second kappa shape index (κ2) is 5.33. The smallest absolute Gasteiger partial charge is 0.268 e. The van der Waals surface area contributed by atoms with Gasteiger partial charge in [-0.25, -0.2) is 4.90 Å². The van der Waals surface area contributed by atoms with E-state index < -0.39 is 5.60 Å². The molecule has 1 fully saturated rings. The Labute approximate surface area is 150 Å². The number of aliphatic imine (C=N–C) groups is 1. The Balaban J connectivity index is 1.60. The maximum absolute atomic E-state index is 12.8. The van der Waals surface area contributed by atoms with Gasteiger partial charge in [-0.2, -0.15) is 9.67 Å². The van der Waals surface area contributed by atoms with E-state index in [1.165, 1.54) is 0 Å². The zero-order valence-corrected chi connectivity index (χ0v) is 14.6. The van der Waals surface area contributed by atoms with E-state index in [0.29, 0.717) is 11.4 Å². The highest BCUT2D eigenvalue weighted by Crippen LogP contribution is 2.34. The molecule has 0 aliphatic carbocycles. The topological polar surface area (TPSA) is 77.0 Å². The van der Waals surface area contributed by atoms with Gasteiger partial charge in [-0.1, -0.05) is 17.3 Å². The Kier molecular flexibility index (Phi) is 3.16. The van der Waals surface area contributed by atoms with E-state index in [-0.39, 0.29) is 5.91 Å². The van der Waals surface area contributed by atoms with Crippen LogP contribution >= 0.6 is 0 Å². The molecule has 1 amide bonds. The van der Waals surface area contributed by atoms with Crippen LogP contribution in [0.5, 0.6) is 0 Å². The van der Waals surface area contributed by atoms with Gasteiger partial charge in [0, 0.05) is 19.7 Å². The van der Waals surface area contributed by atoms with Gasteiger partial charge in [0.2, 0.25) is 12.2 Å². The van der Waals surface area contributed by atoms with Gasteiger partial charge in [0.25, 0.3) is 11.7 Å². The van der Waals surface area contributed by atoms with Crippen LogP contribution in [0.15, 0.2) is 41.3 Å². The predicted octanol–water partition coefficient (Wildman–Crippen LogP) is 0.731. The first-order valence-electron chi connectivity index (χ1n) is 8.69. The molecule has 1 aromatic carbocycles. The summed E-state index contributed by atoms with van der Waals surface area (Å²) in [4.78, 5) is 19.9. The van der Waals surface area contributed by atoms with E-state index in [0.717, 1.165) is 41.6 Å². The van der Waals surface area contributed by atoms with E-state index in [1.807, 2.05) is 37.4 Å². The summed E-state index contributed by atoms with van der Waals surface area (Å²) in [6.45, 7) is 2.77. The number of quaternary nitrogens is 1. The molecule has 3 aliphatic rings. The Morgan fingerprint density at radius 2 is 2.15 bits per heavy atom. The Bertz CT molecular complexity index is 970. The molecule has 3 aliphatic heterocycles. The normalized spacial score (nSPS) is 27.2. The molecule has 0 radical (unpaired) electrons. The summed E-state index contributed by atoms with van der Waals surface area (Å²) in [5.74, 6) is 1.31. The summed E-state index contributed by atoms with van der Waals surface area (Å²) in [6.07, 6.45) is 5.58. The summed E-state index contributed by atoms with van der Waals surface area (Å²) in [6, 6.07) is 7.60. The van der Waals surface area contributed by atoms with Crippen molar-refractivity contribution in [2.45, 2.75) is 25.4 Å². The van der Waals surface area contributed by atoms with Crippen LogP contribution in [-0.2, 0) is 10.3 Å². The Hall–Kier alpha value is -2.84. The van der Waals surface area contributed by atoms with Crippen LogP contribution in [0.3, 0.4) is 0 Å². The maximum Gasteiger partial charge on any atom is 0.268 e. The molecule has 4 heterocycles. The van der Waals surface area contributed by atoms with Gasteiger partial charge in [0.05, 0.1) is 6.20 Å². The molecule has 2 atom stereocenters. The highest BCUT2D eigenvalue weighted by atomic mass is 16.5. The zero-order valence-electron chi connectivity index (χ0n) is 14.6. The molecular formula is C18H19N6O2+. The summed E-state index contributed by atoms with van der Waals surface area (Å²) in [7, 11) is 1.77. The SMILES string of the molecule is CN1C(=O)c2ccccc2[NH+]2C=NC(n3cc(C4(C)CCCO4)nn3)=C12. The summed E-state index contributed by atoms with van der Waals surface area (Å²) >= 11 is 0. The number of para-hydroxylation sites is 1. The second-order valence-electron chi connectivity index (χ2n) is 6.99. The summed E-state index contributed by atoms with van der Waals surface area (Å²) in [5.41, 5.74) is 1.97. The van der Waals surface area contributed by atoms with Gasteiger partial charge in [-0.3, -0.25) is 9.69 Å². The Morgan fingerprint density at radius 1 is 1.31 bits per heavy atom. The monoisotopic (exact) mass is 351 g/mol. The van der Waals surface area contributed by atoms with Crippen LogP contribution in [0, 0.1) is 0 Å². The first kappa shape index (κ1) is 15.4. The number of ether oxygens (including phenoxy) is 1. The summed E-state index contributed by atoms with van der Waals surface area (Å²) in [5, 5.41) is 8.57. The van der Waals surface area contributed by atoms with Gasteiger partial charge in [0.15, 0.2) is 5.69 Å². The quantitative estimate of drug-likeness (QED) is 0.865. The number of nitrogens with one attached hydrogen (secondary N) is 1. The number of rotatable bonds is 2. The molecular weight excluding hydrogens is 332 g/mol. The third kappa shape index (κ3) is 2.03. The van der Waals surface area contributed by atoms with Crippen molar-refractivity contribution in [3.05, 3.63) is 47.5 Å². The van der Waals surface area contributed by atoms with Crippen LogP contribution < -0.4 is 4.90 Å². The average molecular weight is 351 g/mol. The largest absolute Gasteiger partial charge is 0.369 e. The third-order valence-corrected chi connectivity index (χ3v) is 5.34. The van der Waals surface area contributed by atoms with Gasteiger partial charge < -0.3 is 4.74 Å². The number of aromatic nitrogens is 3. The van der Waals surface area contributed by atoms with Crippen molar-refractivity contribution in [1.29, 1.82) is 0 Å². The molecule has 2 aromatic rings. The minimum atomic E-state index is -0.404. The highest BCUT2D eigenvalue weighted by molar-refractivity contribution is 6.01. The van der Waals surface area contributed by atoms with Crippen LogP contribution in [0.1, 0.15) is 35.8 Å². The van der Waals surface area contributed by atoms with E-state index in [4.69, 9.17) is 4.74 Å². The molecule has 0 spiro atoms. The predicted molar refractivity (Wildman–Crippen MR) is 93.4 cm³/mol. The molecule has 132 valence electrons. The number of hydrogen-bond acceptors (Lipinski definition) is 5. The molecule has 26 heavy (non-hydrogen) atoms.